The van der Waals surface area contributed by atoms with E-state index in [-0.39, 0.29) is 49.5 Å². The number of hydrogen-bond acceptors (Lipinski definition) is 4. The van der Waals surface area contributed by atoms with Gasteiger partial charge in [-0.15, -0.1) is 0 Å². The minimum atomic E-state index is -4.78. The molecule has 0 bridgehead atoms. The largest absolute Gasteiger partial charge is 0.416 e. The third kappa shape index (κ3) is 4.61. The number of aromatic nitrogens is 2. The van der Waals surface area contributed by atoms with Gasteiger partial charge in [0.25, 0.3) is 0 Å². The molecule has 7 aromatic rings. The molecule has 0 spiro atoms. The van der Waals surface area contributed by atoms with Gasteiger partial charge in [-0.25, -0.2) is 18.7 Å². The van der Waals surface area contributed by atoms with E-state index < -0.39 is 35.1 Å². The minimum absolute atomic E-state index is 0.0175. The molecule has 46 heavy (non-hydrogen) atoms. The van der Waals surface area contributed by atoms with E-state index in [1.165, 1.54) is 24.3 Å². The summed E-state index contributed by atoms with van der Waals surface area (Å²) >= 11 is 0. The third-order valence-electron chi connectivity index (χ3n) is 7.75. The highest BCUT2D eigenvalue weighted by Gasteiger charge is 2.32. The quantitative estimate of drug-likeness (QED) is 0.171. The lowest BCUT2D eigenvalue weighted by molar-refractivity contribution is -0.168. The molecule has 2 N–H and O–H groups in total. The van der Waals surface area contributed by atoms with Gasteiger partial charge in [-0.2, -0.15) is 36.6 Å². The van der Waals surface area contributed by atoms with E-state index in [1.807, 2.05) is 0 Å². The molecule has 0 unspecified atom stereocenters. The van der Waals surface area contributed by atoms with Gasteiger partial charge < -0.3 is 0 Å². The van der Waals surface area contributed by atoms with Crippen molar-refractivity contribution < 1.29 is 40.5 Å². The zero-order valence-corrected chi connectivity index (χ0v) is 22.8. The number of hydrogen-bond donors (Lipinski definition) is 1. The first-order valence-electron chi connectivity index (χ1n) is 13.3. The van der Waals surface area contributed by atoms with Crippen molar-refractivity contribution in [1.29, 1.82) is 5.26 Å². The Balaban J connectivity index is 1.44. The summed E-state index contributed by atoms with van der Waals surface area (Å²) in [6.45, 7) is 0. The smallest absolute Gasteiger partial charge is 0.252 e. The Labute approximate surface area is 251 Å². The highest BCUT2D eigenvalue weighted by Crippen LogP contribution is 2.37. The number of halogens is 8. The lowest BCUT2D eigenvalue weighted by Crippen LogP contribution is -2.44. The van der Waals surface area contributed by atoms with Crippen molar-refractivity contribution in [3.05, 3.63) is 106 Å². The molecule has 0 amide bonds. The Kier molecular flexibility index (Phi) is 6.21. The molecule has 13 heteroatoms. The molecule has 1 heterocycles. The van der Waals surface area contributed by atoms with Crippen LogP contribution in [-0.2, 0) is 12.4 Å². The fraction of sp³-hybridized carbons (Fsp3) is 0.0606. The summed E-state index contributed by atoms with van der Waals surface area (Å²) in [6, 6.07) is 13.4. The molecule has 0 atom stereocenters. The van der Waals surface area contributed by atoms with Crippen molar-refractivity contribution in [2.45, 2.75) is 12.4 Å². The number of nitrogens with zero attached hydrogens (tertiary/aromatic N) is 4. The maximum absolute atomic E-state index is 14.2. The van der Waals surface area contributed by atoms with Gasteiger partial charge in [0.15, 0.2) is 5.52 Å². The van der Waals surface area contributed by atoms with E-state index in [0.29, 0.717) is 39.2 Å². The Morgan fingerprint density at radius 1 is 0.565 bits per heavy atom. The number of fused-ring (bicyclic) bond motifs is 6. The molecule has 7 rings (SSSR count). The van der Waals surface area contributed by atoms with Crippen LogP contribution in [0.25, 0.3) is 65.9 Å². The molecule has 0 aliphatic carbocycles. The van der Waals surface area contributed by atoms with Crippen LogP contribution in [0.3, 0.4) is 0 Å². The van der Waals surface area contributed by atoms with E-state index in [4.69, 9.17) is 15.4 Å². The average molecular weight is 632 g/mol. The van der Waals surface area contributed by atoms with Crippen molar-refractivity contribution in [3.63, 3.8) is 0 Å². The van der Waals surface area contributed by atoms with Gasteiger partial charge in [0.1, 0.15) is 28.0 Å². The van der Waals surface area contributed by atoms with Crippen LogP contribution in [0.4, 0.5) is 35.1 Å². The summed E-state index contributed by atoms with van der Waals surface area (Å²) in [6.07, 6.45) is -7.83. The van der Waals surface area contributed by atoms with E-state index in [1.54, 1.807) is 18.3 Å². The topological polar surface area (TPSA) is 87.5 Å². The first-order valence-corrected chi connectivity index (χ1v) is 13.3. The fourth-order valence-electron chi connectivity index (χ4n) is 5.70. The zero-order chi connectivity index (χ0) is 32.7. The average Bonchev–Trinajstić information content (AvgIpc) is 3.45. The van der Waals surface area contributed by atoms with Crippen LogP contribution in [0.15, 0.2) is 77.8 Å². The van der Waals surface area contributed by atoms with Crippen molar-refractivity contribution in [1.82, 2.24) is 9.97 Å². The van der Waals surface area contributed by atoms with Gasteiger partial charge in [0, 0.05) is 16.2 Å². The summed E-state index contributed by atoms with van der Waals surface area (Å²) in [5, 5.41) is 17.8. The zero-order valence-electron chi connectivity index (χ0n) is 22.8. The van der Waals surface area contributed by atoms with Crippen LogP contribution in [0.1, 0.15) is 11.1 Å². The molecule has 0 fully saturated rings. The Bertz CT molecular complexity index is 2570. The second kappa shape index (κ2) is 9.87. The maximum Gasteiger partial charge on any atom is 0.416 e. The second-order valence-electron chi connectivity index (χ2n) is 10.6. The van der Waals surface area contributed by atoms with E-state index in [9.17, 15) is 40.4 Å². The predicted molar refractivity (Wildman–Crippen MR) is 151 cm³/mol. The SMILES string of the molecule is N#CN=c1c2cc(-c3cc(F)cc(C(F)(F)F)c3)ccc2c2nc3c(=[NH2+])c4cc(-c5cc(F)cc(C(F)(F)F)c5)ccc4c3nc12. The maximum atomic E-state index is 14.2. The lowest BCUT2D eigenvalue weighted by Gasteiger charge is -2.10. The molecule has 0 aliphatic rings. The summed E-state index contributed by atoms with van der Waals surface area (Å²) in [5.41, 5.74) is -0.874. The minimum Gasteiger partial charge on any atom is -0.252 e. The van der Waals surface area contributed by atoms with Crippen LogP contribution < -0.4 is 16.1 Å². The number of rotatable bonds is 2. The number of benzene rings is 4. The molecule has 0 saturated carbocycles. The monoisotopic (exact) mass is 632 g/mol. The number of alkyl halides is 6. The lowest BCUT2D eigenvalue weighted by atomic mass is 10.0. The van der Waals surface area contributed by atoms with Crippen LogP contribution in [0.5, 0.6) is 0 Å². The van der Waals surface area contributed by atoms with Crippen molar-refractivity contribution in [2.75, 3.05) is 0 Å². The fourth-order valence-corrected chi connectivity index (χ4v) is 5.70. The second-order valence-corrected chi connectivity index (χ2v) is 10.6. The summed E-state index contributed by atoms with van der Waals surface area (Å²) in [7, 11) is 0. The first-order chi connectivity index (χ1) is 21.7. The van der Waals surface area contributed by atoms with Gasteiger partial charge in [-0.3, -0.25) is 5.41 Å². The normalized spacial score (nSPS) is 13.0. The van der Waals surface area contributed by atoms with Gasteiger partial charge >= 0.3 is 12.4 Å². The van der Waals surface area contributed by atoms with Gasteiger partial charge in [0.05, 0.1) is 22.0 Å². The standard InChI is InChI=1S/C33H13F8N5/c34-20-7-16(5-18(11-20)32(36,37)38)14-1-3-22-24(9-14)26(43)30-28(22)46-31-27(44-13-42)25-10-15(2-4-23(25)29(31)45-30)17-6-19(33(39,40)41)12-21(35)8-17/h1-12,43H/p+1. The number of nitrogens with two attached hydrogens (primary N) is 1. The summed E-state index contributed by atoms with van der Waals surface area (Å²) < 4.78 is 108. The first kappa shape index (κ1) is 29.0. The third-order valence-corrected chi connectivity index (χ3v) is 7.75. The van der Waals surface area contributed by atoms with Crippen molar-refractivity contribution in [2.24, 2.45) is 4.99 Å². The van der Waals surface area contributed by atoms with E-state index in [2.05, 4.69) is 4.99 Å². The van der Waals surface area contributed by atoms with Crippen LogP contribution >= 0.6 is 0 Å². The van der Waals surface area contributed by atoms with Crippen molar-refractivity contribution >= 4 is 43.6 Å². The molecule has 0 radical (unpaired) electrons. The van der Waals surface area contributed by atoms with Crippen LogP contribution in [-0.4, -0.2) is 9.97 Å². The molecular weight excluding hydrogens is 618 g/mol. The molecule has 6 aromatic carbocycles. The summed E-state index contributed by atoms with van der Waals surface area (Å²) in [5.74, 6) is -2.14. The molecule has 1 aromatic heterocycles. The van der Waals surface area contributed by atoms with Gasteiger partial charge in [-0.05, 0) is 70.8 Å². The highest BCUT2D eigenvalue weighted by atomic mass is 19.4. The van der Waals surface area contributed by atoms with Crippen molar-refractivity contribution in [3.8, 4) is 28.4 Å². The predicted octanol–water partition coefficient (Wildman–Crippen LogP) is 6.66. The van der Waals surface area contributed by atoms with Crippen LogP contribution in [0, 0.1) is 23.1 Å². The molecule has 5 nitrogen and oxygen atoms in total. The van der Waals surface area contributed by atoms with E-state index in [0.717, 1.165) is 24.3 Å². The number of nitriles is 1. The Morgan fingerprint density at radius 3 is 1.57 bits per heavy atom. The van der Waals surface area contributed by atoms with Crippen LogP contribution in [0.2, 0.25) is 0 Å². The molecule has 0 saturated heterocycles. The Morgan fingerprint density at radius 2 is 1.04 bits per heavy atom. The van der Waals surface area contributed by atoms with Gasteiger partial charge in [-0.1, -0.05) is 24.3 Å². The summed E-state index contributed by atoms with van der Waals surface area (Å²) in [4.78, 5) is 13.3. The van der Waals surface area contributed by atoms with E-state index >= 15 is 0 Å². The molecular formula is C33H14F8N5+. The molecule has 226 valence electrons. The Hall–Kier alpha value is -5.77. The highest BCUT2D eigenvalue weighted by molar-refractivity contribution is 6.15. The van der Waals surface area contributed by atoms with Gasteiger partial charge in [0.2, 0.25) is 11.6 Å². The molecule has 0 aliphatic heterocycles.